The second kappa shape index (κ2) is 6.67. The Kier molecular flexibility index (Phi) is 4.62. The van der Waals surface area contributed by atoms with Gasteiger partial charge in [0.15, 0.2) is 6.29 Å². The Morgan fingerprint density at radius 1 is 0.957 bits per heavy atom. The Hall–Kier alpha value is -1.94. The van der Waals surface area contributed by atoms with Crippen LogP contribution in [0.1, 0.15) is 36.7 Å². The monoisotopic (exact) mass is 310 g/mol. The predicted octanol–water partition coefficient (Wildman–Crippen LogP) is 4.17. The molecule has 0 amide bonds. The van der Waals surface area contributed by atoms with Gasteiger partial charge in [0.1, 0.15) is 17.8 Å². The Bertz CT molecular complexity index is 589. The van der Waals surface area contributed by atoms with Crippen LogP contribution in [0.3, 0.4) is 0 Å². The number of rotatable bonds is 5. The topological polar surface area (TPSA) is 38.7 Å². The highest BCUT2D eigenvalue weighted by Crippen LogP contribution is 2.45. The van der Waals surface area contributed by atoms with Crippen molar-refractivity contribution in [2.24, 2.45) is 0 Å². The van der Waals surface area contributed by atoms with Crippen LogP contribution in [0, 0.1) is 0 Å². The summed E-state index contributed by atoms with van der Waals surface area (Å²) in [6.07, 6.45) is 0.886. The fourth-order valence-electron chi connectivity index (χ4n) is 2.91. The van der Waals surface area contributed by atoms with Crippen LogP contribution in [-0.4, -0.2) is 17.0 Å². The summed E-state index contributed by atoms with van der Waals surface area (Å²) in [5.41, 5.74) is 0.967. The minimum absolute atomic E-state index is 0.250. The van der Waals surface area contributed by atoms with Gasteiger partial charge in [-0.1, -0.05) is 66.7 Å². The molecule has 1 aliphatic rings. The van der Waals surface area contributed by atoms with Gasteiger partial charge in [0, 0.05) is 0 Å². The largest absolute Gasteiger partial charge is 0.385 e. The number of hydrogen-bond donors (Lipinski definition) is 1. The molecule has 1 N–H and O–H groups in total. The zero-order valence-electron chi connectivity index (χ0n) is 13.3. The van der Waals surface area contributed by atoms with E-state index >= 15 is 0 Å². The fraction of sp³-hybridized carbons (Fsp3) is 0.300. The van der Waals surface area contributed by atoms with Gasteiger partial charge in [0.25, 0.3) is 0 Å². The summed E-state index contributed by atoms with van der Waals surface area (Å²) in [5.74, 6) is 0. The van der Waals surface area contributed by atoms with Crippen LogP contribution >= 0.6 is 0 Å². The molecule has 0 radical (unpaired) electrons. The molecule has 3 nitrogen and oxygen atoms in total. The van der Waals surface area contributed by atoms with Crippen LogP contribution in [-0.2, 0) is 9.47 Å². The molecule has 0 spiro atoms. The first-order valence-electron chi connectivity index (χ1n) is 7.86. The van der Waals surface area contributed by atoms with E-state index in [9.17, 15) is 5.11 Å². The van der Waals surface area contributed by atoms with E-state index in [0.717, 1.165) is 11.1 Å². The molecular formula is C20H22O3. The molecule has 3 rings (SSSR count). The fourth-order valence-corrected chi connectivity index (χ4v) is 2.91. The van der Waals surface area contributed by atoms with Crippen LogP contribution in [0.2, 0.25) is 0 Å². The van der Waals surface area contributed by atoms with Crippen molar-refractivity contribution in [3.05, 3.63) is 84.4 Å². The van der Waals surface area contributed by atoms with Crippen molar-refractivity contribution < 1.29 is 14.6 Å². The molecule has 1 saturated heterocycles. The summed E-state index contributed by atoms with van der Waals surface area (Å²) in [4.78, 5) is 0. The zero-order valence-corrected chi connectivity index (χ0v) is 13.3. The molecule has 0 saturated carbocycles. The van der Waals surface area contributed by atoms with Crippen molar-refractivity contribution >= 4 is 0 Å². The zero-order chi connectivity index (χ0) is 16.3. The molecule has 2 aromatic rings. The molecule has 1 heterocycles. The van der Waals surface area contributed by atoms with Gasteiger partial charge in [-0.15, -0.1) is 6.58 Å². The maximum atomic E-state index is 10.6. The Balaban J connectivity index is 1.93. The molecule has 3 heteroatoms. The molecule has 0 aromatic heterocycles. The highest BCUT2D eigenvalue weighted by Gasteiger charge is 2.45. The minimum atomic E-state index is -1.11. The number of benzene rings is 2. The molecule has 0 aliphatic carbocycles. The smallest absolute Gasteiger partial charge is 0.188 e. The summed E-state index contributed by atoms with van der Waals surface area (Å²) in [6, 6.07) is 20.0. The lowest BCUT2D eigenvalue weighted by Gasteiger charge is -2.27. The van der Waals surface area contributed by atoms with E-state index in [1.165, 1.54) is 0 Å². The lowest BCUT2D eigenvalue weighted by molar-refractivity contribution is -0.184. The van der Waals surface area contributed by atoms with Crippen LogP contribution < -0.4 is 0 Å². The van der Waals surface area contributed by atoms with Crippen molar-refractivity contribution in [3.63, 3.8) is 0 Å². The third-order valence-electron chi connectivity index (χ3n) is 4.14. The second-order valence-corrected chi connectivity index (χ2v) is 6.12. The van der Waals surface area contributed by atoms with Crippen LogP contribution in [0.5, 0.6) is 0 Å². The first-order valence-corrected chi connectivity index (χ1v) is 7.86. The quantitative estimate of drug-likeness (QED) is 0.842. The third-order valence-corrected chi connectivity index (χ3v) is 4.14. The van der Waals surface area contributed by atoms with Crippen LogP contribution in [0.4, 0.5) is 0 Å². The van der Waals surface area contributed by atoms with E-state index in [1.54, 1.807) is 13.0 Å². The molecule has 1 fully saturated rings. The van der Waals surface area contributed by atoms with E-state index in [-0.39, 0.29) is 12.2 Å². The van der Waals surface area contributed by atoms with Crippen LogP contribution in [0.25, 0.3) is 0 Å². The maximum Gasteiger partial charge on any atom is 0.188 e. The van der Waals surface area contributed by atoms with Gasteiger partial charge in [-0.3, -0.25) is 0 Å². The Morgan fingerprint density at radius 2 is 1.39 bits per heavy atom. The van der Waals surface area contributed by atoms with Gasteiger partial charge in [-0.2, -0.15) is 0 Å². The lowest BCUT2D eigenvalue weighted by Crippen LogP contribution is -2.39. The summed E-state index contributed by atoms with van der Waals surface area (Å²) in [5, 5.41) is 10.6. The molecule has 120 valence electrons. The van der Waals surface area contributed by atoms with E-state index in [1.807, 2.05) is 60.7 Å². The summed E-state index contributed by atoms with van der Waals surface area (Å²) >= 11 is 0. The Morgan fingerprint density at radius 3 is 1.78 bits per heavy atom. The van der Waals surface area contributed by atoms with E-state index < -0.39 is 11.9 Å². The Labute approximate surface area is 137 Å². The highest BCUT2D eigenvalue weighted by atomic mass is 16.7. The number of aliphatic hydroxyl groups is 1. The normalized spacial score (nSPS) is 24.3. The standard InChI is InChI=1S/C20H22O3/c1-3-14-20(2,21)19-22-17(15-10-6-4-7-11-15)18(23-19)16-12-8-5-9-13-16/h3-13,17-19,21H,1,14H2,2H3/t17-,18-,20+/m0/s1. The van der Waals surface area contributed by atoms with Crippen molar-refractivity contribution in [2.75, 3.05) is 0 Å². The summed E-state index contributed by atoms with van der Waals surface area (Å²) < 4.78 is 12.2. The van der Waals surface area contributed by atoms with Crippen molar-refractivity contribution in [1.82, 2.24) is 0 Å². The maximum absolute atomic E-state index is 10.6. The molecular weight excluding hydrogens is 288 g/mol. The average molecular weight is 310 g/mol. The van der Waals surface area contributed by atoms with Crippen molar-refractivity contribution in [3.8, 4) is 0 Å². The van der Waals surface area contributed by atoms with Gasteiger partial charge in [-0.05, 0) is 24.5 Å². The average Bonchev–Trinajstić information content (AvgIpc) is 3.03. The molecule has 1 aliphatic heterocycles. The van der Waals surface area contributed by atoms with E-state index in [4.69, 9.17) is 9.47 Å². The molecule has 2 aromatic carbocycles. The minimum Gasteiger partial charge on any atom is -0.385 e. The SMILES string of the molecule is C=CC[C@@](C)(O)C1O[C@@H](c2ccccc2)[C@H](c2ccccc2)O1. The number of ether oxygens (including phenoxy) is 2. The molecule has 23 heavy (non-hydrogen) atoms. The van der Waals surface area contributed by atoms with E-state index in [0.29, 0.717) is 6.42 Å². The first kappa shape index (κ1) is 15.9. The third kappa shape index (κ3) is 3.37. The first-order chi connectivity index (χ1) is 11.1. The van der Waals surface area contributed by atoms with Gasteiger partial charge < -0.3 is 14.6 Å². The van der Waals surface area contributed by atoms with Crippen molar-refractivity contribution in [1.29, 1.82) is 0 Å². The molecule has 0 unspecified atom stereocenters. The van der Waals surface area contributed by atoms with E-state index in [2.05, 4.69) is 6.58 Å². The van der Waals surface area contributed by atoms with Crippen molar-refractivity contribution in [2.45, 2.75) is 37.4 Å². The molecule has 0 bridgehead atoms. The summed E-state index contributed by atoms with van der Waals surface area (Å²) in [6.45, 7) is 5.42. The van der Waals surface area contributed by atoms with Gasteiger partial charge in [-0.25, -0.2) is 0 Å². The molecule has 3 atom stereocenters. The van der Waals surface area contributed by atoms with Gasteiger partial charge in [0.05, 0.1) is 0 Å². The predicted molar refractivity (Wildman–Crippen MR) is 89.8 cm³/mol. The van der Waals surface area contributed by atoms with Gasteiger partial charge in [0.2, 0.25) is 0 Å². The van der Waals surface area contributed by atoms with Crippen LogP contribution in [0.15, 0.2) is 73.3 Å². The number of hydrogen-bond acceptors (Lipinski definition) is 3. The second-order valence-electron chi connectivity index (χ2n) is 6.12. The lowest BCUT2D eigenvalue weighted by atomic mass is 9.99. The van der Waals surface area contributed by atoms with Gasteiger partial charge >= 0.3 is 0 Å². The highest BCUT2D eigenvalue weighted by molar-refractivity contribution is 5.26. The summed E-state index contributed by atoms with van der Waals surface area (Å²) in [7, 11) is 0.